The van der Waals surface area contributed by atoms with Gasteiger partial charge in [0, 0.05) is 11.4 Å². The lowest BCUT2D eigenvalue weighted by atomic mass is 9.91. The van der Waals surface area contributed by atoms with Gasteiger partial charge >= 0.3 is 0 Å². The number of fused-ring (bicyclic) bond motifs is 1. The van der Waals surface area contributed by atoms with Gasteiger partial charge in [-0.1, -0.05) is 35.4 Å². The normalized spacial score (nSPS) is 14.5. The third-order valence-electron chi connectivity index (χ3n) is 2.55. The maximum Gasteiger partial charge on any atom is 0.124 e. The summed E-state index contributed by atoms with van der Waals surface area (Å²) in [5, 5.41) is 0.783. The van der Waals surface area contributed by atoms with E-state index in [-0.39, 0.29) is 0 Å². The van der Waals surface area contributed by atoms with Gasteiger partial charge in [-0.2, -0.15) is 0 Å². The lowest BCUT2D eigenvalue weighted by molar-refractivity contribution is -0.107. The van der Waals surface area contributed by atoms with Crippen molar-refractivity contribution >= 4 is 24.0 Å². The summed E-state index contributed by atoms with van der Waals surface area (Å²) in [4.78, 5) is 10.4. The zero-order valence-corrected chi connectivity index (χ0v) is 8.55. The highest BCUT2D eigenvalue weighted by Gasteiger charge is 2.11. The van der Waals surface area contributed by atoms with Crippen molar-refractivity contribution in [2.75, 3.05) is 0 Å². The molecule has 1 aromatic carbocycles. The van der Waals surface area contributed by atoms with Crippen molar-refractivity contribution in [3.63, 3.8) is 0 Å². The summed E-state index contributed by atoms with van der Waals surface area (Å²) in [5.41, 5.74) is 3.56. The van der Waals surface area contributed by atoms with Crippen LogP contribution in [-0.2, 0) is 11.2 Å². The summed E-state index contributed by atoms with van der Waals surface area (Å²) in [7, 11) is 0. The Morgan fingerprint density at radius 3 is 3.00 bits per heavy atom. The van der Waals surface area contributed by atoms with Crippen molar-refractivity contribution in [2.24, 2.45) is 0 Å². The molecule has 0 aliphatic heterocycles. The summed E-state index contributed by atoms with van der Waals surface area (Å²) in [6.07, 6.45) is 5.51. The maximum atomic E-state index is 10.4. The summed E-state index contributed by atoms with van der Waals surface area (Å²) in [6, 6.07) is 5.95. The average Bonchev–Trinajstić information content (AvgIpc) is 2.20. The topological polar surface area (TPSA) is 17.1 Å². The molecular formula is C12H11ClO. The van der Waals surface area contributed by atoms with Crippen molar-refractivity contribution in [3.05, 3.63) is 39.9 Å². The van der Waals surface area contributed by atoms with Crippen LogP contribution in [0.4, 0.5) is 0 Å². The number of hydrogen-bond acceptors (Lipinski definition) is 1. The molecule has 0 amide bonds. The highest BCUT2D eigenvalue weighted by Crippen LogP contribution is 2.30. The molecule has 0 unspecified atom stereocenters. The van der Waals surface area contributed by atoms with Crippen molar-refractivity contribution < 1.29 is 4.79 Å². The number of halogens is 1. The lowest BCUT2D eigenvalue weighted by Gasteiger charge is -2.15. The highest BCUT2D eigenvalue weighted by atomic mass is 35.5. The average molecular weight is 207 g/mol. The molecule has 1 aromatic rings. The smallest absolute Gasteiger partial charge is 0.124 e. The van der Waals surface area contributed by atoms with E-state index in [1.165, 1.54) is 11.1 Å². The first kappa shape index (κ1) is 9.47. The van der Waals surface area contributed by atoms with E-state index in [1.54, 1.807) is 0 Å². The summed E-state index contributed by atoms with van der Waals surface area (Å²) >= 11 is 6.07. The Balaban J connectivity index is 2.41. The zero-order chi connectivity index (χ0) is 9.97. The Hall–Kier alpha value is -1.08. The molecule has 72 valence electrons. The predicted octanol–water partition coefficient (Wildman–Crippen LogP) is 3.26. The van der Waals surface area contributed by atoms with Gasteiger partial charge in [0.05, 0.1) is 0 Å². The summed E-state index contributed by atoms with van der Waals surface area (Å²) < 4.78 is 0. The Bertz CT molecular complexity index is 393. The van der Waals surface area contributed by atoms with Gasteiger partial charge in [-0.05, 0) is 30.0 Å². The monoisotopic (exact) mass is 206 g/mol. The number of benzene rings is 1. The SMILES string of the molecule is O=CCC1=Cc2c(Cl)cccc2CC1. The van der Waals surface area contributed by atoms with Crippen molar-refractivity contribution in [3.8, 4) is 0 Å². The molecule has 1 nitrogen and oxygen atoms in total. The Kier molecular flexibility index (Phi) is 2.69. The van der Waals surface area contributed by atoms with Gasteiger partial charge in [-0.25, -0.2) is 0 Å². The van der Waals surface area contributed by atoms with Crippen LogP contribution in [0.3, 0.4) is 0 Å². The first-order valence-corrected chi connectivity index (χ1v) is 5.09. The van der Waals surface area contributed by atoms with Crippen molar-refractivity contribution in [1.82, 2.24) is 0 Å². The molecule has 0 spiro atoms. The minimum atomic E-state index is 0.532. The minimum absolute atomic E-state index is 0.532. The molecule has 0 atom stereocenters. The van der Waals surface area contributed by atoms with Gasteiger partial charge in [0.25, 0.3) is 0 Å². The molecule has 0 fully saturated rings. The molecule has 0 saturated heterocycles. The van der Waals surface area contributed by atoms with E-state index in [4.69, 9.17) is 11.6 Å². The van der Waals surface area contributed by atoms with Crippen LogP contribution < -0.4 is 0 Å². The quantitative estimate of drug-likeness (QED) is 0.679. The summed E-state index contributed by atoms with van der Waals surface area (Å²) in [5.74, 6) is 0. The molecule has 2 heteroatoms. The third kappa shape index (κ3) is 1.73. The second kappa shape index (κ2) is 3.97. The van der Waals surface area contributed by atoms with E-state index in [0.29, 0.717) is 6.42 Å². The molecule has 1 aliphatic rings. The lowest BCUT2D eigenvalue weighted by Crippen LogP contribution is -2.00. The van der Waals surface area contributed by atoms with Gasteiger partial charge in [-0.3, -0.25) is 0 Å². The van der Waals surface area contributed by atoms with Crippen LogP contribution in [0.1, 0.15) is 24.0 Å². The number of carbonyl (C=O) groups is 1. The van der Waals surface area contributed by atoms with Gasteiger partial charge in [0.1, 0.15) is 6.29 Å². The number of carbonyl (C=O) groups excluding carboxylic acids is 1. The fourth-order valence-corrected chi connectivity index (χ4v) is 2.05. The number of aryl methyl sites for hydroxylation is 1. The molecule has 0 radical (unpaired) electrons. The molecular weight excluding hydrogens is 196 g/mol. The zero-order valence-electron chi connectivity index (χ0n) is 7.79. The number of hydrogen-bond donors (Lipinski definition) is 0. The second-order valence-corrected chi connectivity index (χ2v) is 3.89. The molecule has 0 bridgehead atoms. The van der Waals surface area contributed by atoms with Crippen LogP contribution in [0.2, 0.25) is 5.02 Å². The highest BCUT2D eigenvalue weighted by molar-refractivity contribution is 6.32. The standard InChI is InChI=1S/C12H11ClO/c13-12-3-1-2-10-5-4-9(6-7-14)8-11(10)12/h1-3,7-8H,4-6H2. The molecule has 0 aromatic heterocycles. The van der Waals surface area contributed by atoms with E-state index in [1.807, 2.05) is 12.1 Å². The van der Waals surface area contributed by atoms with Crippen LogP contribution in [0, 0.1) is 0 Å². The van der Waals surface area contributed by atoms with Gasteiger partial charge in [0.2, 0.25) is 0 Å². The number of aldehydes is 1. The maximum absolute atomic E-state index is 10.4. The first-order chi connectivity index (χ1) is 6.81. The van der Waals surface area contributed by atoms with Crippen LogP contribution in [0.5, 0.6) is 0 Å². The molecule has 0 saturated carbocycles. The van der Waals surface area contributed by atoms with Crippen LogP contribution in [-0.4, -0.2) is 6.29 Å². The van der Waals surface area contributed by atoms with E-state index < -0.39 is 0 Å². The Morgan fingerprint density at radius 2 is 2.21 bits per heavy atom. The fourth-order valence-electron chi connectivity index (χ4n) is 1.80. The van der Waals surface area contributed by atoms with Gasteiger partial charge in [-0.15, -0.1) is 0 Å². The van der Waals surface area contributed by atoms with Crippen LogP contribution >= 0.6 is 11.6 Å². The molecule has 0 heterocycles. The van der Waals surface area contributed by atoms with Crippen LogP contribution in [0.15, 0.2) is 23.8 Å². The minimum Gasteiger partial charge on any atom is -0.303 e. The summed E-state index contributed by atoms with van der Waals surface area (Å²) in [6.45, 7) is 0. The van der Waals surface area contributed by atoms with Crippen molar-refractivity contribution in [2.45, 2.75) is 19.3 Å². The number of allylic oxidation sites excluding steroid dienone is 1. The first-order valence-electron chi connectivity index (χ1n) is 4.71. The fraction of sp³-hybridized carbons (Fsp3) is 0.250. The van der Waals surface area contributed by atoms with Gasteiger partial charge in [0.15, 0.2) is 0 Å². The van der Waals surface area contributed by atoms with Crippen LogP contribution in [0.25, 0.3) is 6.08 Å². The second-order valence-electron chi connectivity index (χ2n) is 3.49. The van der Waals surface area contributed by atoms with E-state index in [2.05, 4.69) is 12.1 Å². The van der Waals surface area contributed by atoms with E-state index in [9.17, 15) is 4.79 Å². The Morgan fingerprint density at radius 1 is 1.36 bits per heavy atom. The largest absolute Gasteiger partial charge is 0.303 e. The molecule has 0 N–H and O–H groups in total. The Labute approximate surface area is 88.4 Å². The third-order valence-corrected chi connectivity index (χ3v) is 2.88. The number of rotatable bonds is 2. The molecule has 2 rings (SSSR count). The van der Waals surface area contributed by atoms with Gasteiger partial charge < -0.3 is 4.79 Å². The molecule has 1 aliphatic carbocycles. The van der Waals surface area contributed by atoms with E-state index >= 15 is 0 Å². The van der Waals surface area contributed by atoms with E-state index in [0.717, 1.165) is 29.7 Å². The molecule has 14 heavy (non-hydrogen) atoms. The predicted molar refractivity (Wildman–Crippen MR) is 58.4 cm³/mol. The van der Waals surface area contributed by atoms with Crippen molar-refractivity contribution in [1.29, 1.82) is 0 Å².